The van der Waals surface area contributed by atoms with E-state index in [0.717, 1.165) is 110 Å². The van der Waals surface area contributed by atoms with E-state index < -0.39 is 80.5 Å². The number of primary amides is 1. The molecule has 23 nitrogen and oxygen atoms in total. The number of piperidine rings is 1. The van der Waals surface area contributed by atoms with Gasteiger partial charge in [0.2, 0.25) is 17.7 Å². The summed E-state index contributed by atoms with van der Waals surface area (Å²) >= 11 is 1.87. The summed E-state index contributed by atoms with van der Waals surface area (Å²) in [5.74, 6) is -0.567. The summed E-state index contributed by atoms with van der Waals surface area (Å²) in [6.45, 7) is 19.6. The molecule has 7 aromatic carbocycles. The number of hydrogen-bond donors (Lipinski definition) is 8. The van der Waals surface area contributed by atoms with Crippen LogP contribution in [0.1, 0.15) is 173 Å². The van der Waals surface area contributed by atoms with E-state index in [2.05, 4.69) is 139 Å². The summed E-state index contributed by atoms with van der Waals surface area (Å²) in [5, 5.41) is 54.6. The number of likely N-dealkylation sites (N-methyl/N-ethyl adjacent to an activating group) is 1. The Morgan fingerprint density at radius 3 is 1.89 bits per heavy atom. The van der Waals surface area contributed by atoms with Crippen LogP contribution in [0, 0.1) is 29.1 Å². The molecule has 0 radical (unpaired) electrons. The van der Waals surface area contributed by atoms with Gasteiger partial charge in [-0.25, -0.2) is 9.59 Å². The summed E-state index contributed by atoms with van der Waals surface area (Å²) < 4.78 is 23.7. The van der Waals surface area contributed by atoms with Crippen LogP contribution in [0.25, 0.3) is 0 Å². The smallest absolute Gasteiger partial charge is 0.337 e. The number of aromatic carboxylic acids is 1. The summed E-state index contributed by atoms with van der Waals surface area (Å²) in [5.41, 5.74) is 11.6. The van der Waals surface area contributed by atoms with Gasteiger partial charge in [0.05, 0.1) is 51.8 Å². The van der Waals surface area contributed by atoms with Gasteiger partial charge in [-0.3, -0.25) is 48.7 Å². The standard InChI is InChI=1S/C20H23NO4.C17H20N2S.C16H25NO2.C15H15NO2S.C13H18O2.C11H16N2O3.C6H5NO2/c22-13-4-3-12-9-15-20(24)6-5-14(23)18-19(20,16(12)17(13)25-18)7-8-21(15)10-11-1-2-11;1-13(18(2)3)12-19-14-8-4-6-10-16(14)20-17-11-7-5-9-15(17)19;1-17(2)12-14-7-4-5-10-16(14,18)13-8-6-9-15(11-13)19-3;16-14(17)11-19(18)15(12-7-3-1-4-8-12)13-9-5-2-6-10-13;1-9(2)8-11-4-6-12(7-5-11)10(3)13(14)15;1-4-5-11(6-7(2)3)8(14)12-10(16)13-9(11)15;8-6(9)5-2-1-3-7-4-5/h3-4,11,15,18,22,24H,1-2,5-10H2;4-11,13H,12H2,1-3H3;6,8-9,11,14,18H,4-5,7,10,12H2,1-3H3;1-10,15H,11H2,(H2,16,17);4-7,9-10H,8H2,1-3H3,(H,14,15);4,7H,1,5-6H2,2-3H3,(H2,12,13,14,15,16);1-4H,(H,8,9)/t15-,18+,19+,20-;;14-,16+;;;;/m1.1..../s1. The third-order valence-corrected chi connectivity index (χ3v) is 27.1. The highest BCUT2D eigenvalue weighted by atomic mass is 32.2. The summed E-state index contributed by atoms with van der Waals surface area (Å²) in [7, 11) is 8.72. The lowest BCUT2D eigenvalue weighted by Gasteiger charge is -2.62. The van der Waals surface area contributed by atoms with E-state index in [9.17, 15) is 53.1 Å². The Bertz CT molecular complexity index is 4870. The maximum Gasteiger partial charge on any atom is 0.337 e. The van der Waals surface area contributed by atoms with Gasteiger partial charge < -0.3 is 55.4 Å². The van der Waals surface area contributed by atoms with Crippen molar-refractivity contribution in [3.05, 3.63) is 252 Å². The first-order valence-electron chi connectivity index (χ1n) is 42.5. The molecule has 4 aliphatic heterocycles. The molecule has 8 aliphatic rings. The number of para-hydroxylation sites is 2. The molecule has 3 unspecified atom stereocenters. The minimum Gasteiger partial charge on any atom is -0.504 e. The number of hydrogen-bond acceptors (Lipinski definition) is 19. The fourth-order valence-corrected chi connectivity index (χ4v) is 20.3. The maximum atomic E-state index is 12.7. The lowest BCUT2D eigenvalue weighted by molar-refractivity contribution is -0.188. The Morgan fingerprint density at radius 1 is 0.740 bits per heavy atom. The van der Waals surface area contributed by atoms with Crippen molar-refractivity contribution in [3.63, 3.8) is 0 Å². The Kier molecular flexibility index (Phi) is 33.0. The summed E-state index contributed by atoms with van der Waals surface area (Å²) in [6, 6.07) is 58.7. The van der Waals surface area contributed by atoms with Gasteiger partial charge in [0, 0.05) is 82.6 Å². The number of ketones is 1. The van der Waals surface area contributed by atoms with Crippen molar-refractivity contribution in [2.45, 2.75) is 181 Å². The van der Waals surface area contributed by atoms with Crippen LogP contribution in [0.5, 0.6) is 17.2 Å². The Labute approximate surface area is 730 Å². The van der Waals surface area contributed by atoms with E-state index in [-0.39, 0.29) is 46.5 Å². The molecule has 3 saturated carbocycles. The highest BCUT2D eigenvalue weighted by molar-refractivity contribution is 7.99. The van der Waals surface area contributed by atoms with Gasteiger partial charge in [-0.15, -0.1) is 6.58 Å². The van der Waals surface area contributed by atoms with Gasteiger partial charge in [-0.05, 0) is 219 Å². The quantitative estimate of drug-likeness (QED) is 0.0218. The van der Waals surface area contributed by atoms with Gasteiger partial charge in [0.15, 0.2) is 23.4 Å². The average molecular weight is 1720 g/mol. The number of aliphatic carboxylic acids is 1. The molecule has 9 atom stereocenters. The number of barbiturate groups is 1. The highest BCUT2D eigenvalue weighted by Crippen LogP contribution is 2.65. The number of nitrogens with two attached hydrogens (primary N) is 1. The molecule has 656 valence electrons. The highest BCUT2D eigenvalue weighted by Gasteiger charge is 2.73. The minimum atomic E-state index is -1.36. The number of anilines is 2. The molecule has 8 aromatic rings. The van der Waals surface area contributed by atoms with Crippen molar-refractivity contribution in [3.8, 4) is 17.2 Å². The molecular weight excluding hydrogens is 1590 g/mol. The second kappa shape index (κ2) is 42.8. The van der Waals surface area contributed by atoms with Gasteiger partial charge in [0.25, 0.3) is 0 Å². The number of allylic oxidation sites excluding steroid dienone is 1. The number of urea groups is 1. The number of benzene rings is 7. The number of nitrogens with zero attached hydrogens (tertiary/aromatic N) is 5. The number of Topliss-reactive ketones (excluding diaryl/α,β-unsaturated/α-hetero) is 1. The predicted octanol–water partition coefficient (Wildman–Crippen LogP) is 15.2. The molecule has 5 amide bonds. The second-order valence-electron chi connectivity index (χ2n) is 34.6. The number of amides is 5. The predicted molar refractivity (Wildman–Crippen MR) is 482 cm³/mol. The van der Waals surface area contributed by atoms with E-state index in [1.54, 1.807) is 26.2 Å². The number of carboxylic acid groups (broad SMARTS) is 2. The molecule has 5 fully saturated rings. The Morgan fingerprint density at radius 2 is 1.36 bits per heavy atom. The maximum absolute atomic E-state index is 12.7. The number of imide groups is 2. The van der Waals surface area contributed by atoms with Crippen LogP contribution in [-0.4, -0.2) is 182 Å². The normalized spacial score (nSPS) is 21.7. The zero-order chi connectivity index (χ0) is 89.1. The number of pyridine rings is 1. The lowest BCUT2D eigenvalue weighted by Crippen LogP contribution is -2.76. The molecule has 1 spiro atoms. The van der Waals surface area contributed by atoms with E-state index in [1.165, 1.54) is 70.5 Å². The van der Waals surface area contributed by atoms with Crippen LogP contribution < -0.4 is 30.7 Å². The van der Waals surface area contributed by atoms with Crippen LogP contribution in [-0.2, 0) is 58.6 Å². The number of phenolic OH excluding ortho intramolecular Hbond substituents is 1. The molecular formula is C98H122N8O15S2. The van der Waals surface area contributed by atoms with Crippen molar-refractivity contribution in [1.82, 2.24) is 30.3 Å². The van der Waals surface area contributed by atoms with Crippen molar-refractivity contribution < 1.29 is 72.8 Å². The zero-order valence-electron chi connectivity index (χ0n) is 72.6. The molecule has 123 heavy (non-hydrogen) atoms. The van der Waals surface area contributed by atoms with E-state index >= 15 is 0 Å². The fraction of sp³-hybridized carbons (Fsp3) is 0.429. The molecule has 4 aliphatic carbocycles. The van der Waals surface area contributed by atoms with Gasteiger partial charge in [-0.1, -0.05) is 186 Å². The van der Waals surface area contributed by atoms with Gasteiger partial charge >= 0.3 is 18.0 Å². The monoisotopic (exact) mass is 1710 g/mol. The minimum absolute atomic E-state index is 0.0454. The van der Waals surface area contributed by atoms with Crippen LogP contribution in [0.15, 0.2) is 217 Å². The Balaban J connectivity index is 0.000000153. The average Bonchev–Trinajstić information content (AvgIpc) is 1.53. The van der Waals surface area contributed by atoms with E-state index in [4.69, 9.17) is 25.4 Å². The third kappa shape index (κ3) is 23.0. The summed E-state index contributed by atoms with van der Waals surface area (Å²) in [4.78, 5) is 94.9. The number of aliphatic hydroxyl groups is 2. The molecule has 16 rings (SSSR count). The number of rotatable bonds is 23. The number of methoxy groups -OCH3 is 1. The van der Waals surface area contributed by atoms with Crippen LogP contribution in [0.3, 0.4) is 0 Å². The molecule has 5 heterocycles. The number of carbonyl (C=O) groups is 7. The molecule has 2 bridgehead atoms. The molecule has 1 aromatic heterocycles. The van der Waals surface area contributed by atoms with Crippen molar-refractivity contribution in [2.75, 3.05) is 72.1 Å². The number of aromatic nitrogens is 1. The van der Waals surface area contributed by atoms with E-state index in [1.807, 2.05) is 141 Å². The van der Waals surface area contributed by atoms with Gasteiger partial charge in [0.1, 0.15) is 16.9 Å². The van der Waals surface area contributed by atoms with Crippen molar-refractivity contribution in [1.29, 1.82) is 0 Å². The largest absolute Gasteiger partial charge is 0.504 e. The number of phenols is 1. The number of aromatic hydroxyl groups is 1. The second-order valence-corrected chi connectivity index (χ2v) is 37.2. The molecule has 25 heteroatoms. The van der Waals surface area contributed by atoms with Crippen molar-refractivity contribution >= 4 is 75.4 Å². The van der Waals surface area contributed by atoms with Crippen molar-refractivity contribution in [2.24, 2.45) is 34.8 Å². The lowest BCUT2D eigenvalue weighted by atomic mass is 9.49. The van der Waals surface area contributed by atoms with Crippen LogP contribution in [0.2, 0.25) is 0 Å². The van der Waals surface area contributed by atoms with E-state index in [0.29, 0.717) is 42.9 Å². The first-order chi connectivity index (χ1) is 58.7. The third-order valence-electron chi connectivity index (χ3n) is 24.3. The molecule has 2 saturated heterocycles. The number of carboxylic acids is 2. The van der Waals surface area contributed by atoms with Crippen LogP contribution >= 0.6 is 11.8 Å². The van der Waals surface area contributed by atoms with Crippen LogP contribution in [0.4, 0.5) is 16.2 Å². The number of ether oxygens (including phenoxy) is 2. The number of likely N-dealkylation sites (tertiary alicyclic amines) is 1. The first-order valence-corrected chi connectivity index (χ1v) is 44.7. The summed E-state index contributed by atoms with van der Waals surface area (Å²) in [6.07, 6.45) is 14.6. The number of nitrogens with one attached hydrogen (secondary N) is 2. The number of carbonyl (C=O) groups excluding carboxylic acids is 5. The number of fused-ring (bicyclic) bond motifs is 2. The van der Waals surface area contributed by atoms with Gasteiger partial charge in [-0.2, -0.15) is 0 Å². The zero-order valence-corrected chi connectivity index (χ0v) is 74.3. The Hall–Kier alpha value is -10.4. The topological polar surface area (TPSA) is 332 Å². The SMILES string of the molecule is C=CCC1(CC(C)C)C(=O)NC(=O)NC1=O.CC(C)Cc1ccc(C(C)C(=O)O)cc1.CC(CN1c2ccccc2Sc2ccccc21)N(C)C.COc1cccc([C@@]2(O)CCCC[C@@H]2CN(C)C)c1.NC(=O)CS(=O)C(c1ccccc1)c1ccccc1.O=C(O)c1cccnc1.O=C1CC[C@@]2(O)[C@H]3Cc4ccc(O)c5c4[C@@]2(CCN3CC2CC2)[C@H]1O5. The fourth-order valence-electron chi connectivity index (χ4n) is 17.9. The first kappa shape index (κ1) is 94.9. The molecule has 9 N–H and O–H groups in total.